The number of amides is 2. The van der Waals surface area contributed by atoms with Crippen LogP contribution in [0.5, 0.6) is 0 Å². The number of benzene rings is 1. The van der Waals surface area contributed by atoms with Crippen LogP contribution in [0.15, 0.2) is 23.3 Å². The predicted molar refractivity (Wildman–Crippen MR) is 97.1 cm³/mol. The molecule has 136 valence electrons. The van der Waals surface area contributed by atoms with Crippen molar-refractivity contribution in [3.8, 4) is 0 Å². The molecule has 1 aromatic carbocycles. The monoisotopic (exact) mass is 386 g/mol. The van der Waals surface area contributed by atoms with Crippen molar-refractivity contribution < 1.29 is 14.3 Å². The van der Waals surface area contributed by atoms with Gasteiger partial charge in [-0.3, -0.25) is 14.5 Å². The number of hydrogen-bond donors (Lipinski definition) is 2. The molecule has 1 aliphatic heterocycles. The van der Waals surface area contributed by atoms with E-state index in [2.05, 4.69) is 20.7 Å². The molecule has 2 rings (SSSR count). The van der Waals surface area contributed by atoms with Crippen LogP contribution in [0.4, 0.5) is 0 Å². The maximum atomic E-state index is 11.7. The molecule has 1 heterocycles. The molecule has 0 saturated carbocycles. The summed E-state index contributed by atoms with van der Waals surface area (Å²) in [5, 5.41) is 7.19. The average molecular weight is 387 g/mol. The Balaban J connectivity index is 1.65. The van der Waals surface area contributed by atoms with Crippen LogP contribution in [0.2, 0.25) is 10.0 Å². The number of nitrogens with one attached hydrogen (secondary N) is 2. The van der Waals surface area contributed by atoms with Gasteiger partial charge in [0.15, 0.2) is 0 Å². The van der Waals surface area contributed by atoms with Gasteiger partial charge >= 0.3 is 11.8 Å². The van der Waals surface area contributed by atoms with E-state index in [1.54, 1.807) is 18.2 Å². The van der Waals surface area contributed by atoms with Crippen molar-refractivity contribution in [1.82, 2.24) is 15.6 Å². The summed E-state index contributed by atoms with van der Waals surface area (Å²) >= 11 is 11.8. The fourth-order valence-corrected chi connectivity index (χ4v) is 2.68. The number of halogens is 2. The van der Waals surface area contributed by atoms with E-state index in [4.69, 9.17) is 27.9 Å². The molecule has 7 nitrogen and oxygen atoms in total. The molecular formula is C16H20Cl2N4O3. The summed E-state index contributed by atoms with van der Waals surface area (Å²) in [6, 6.07) is 4.87. The van der Waals surface area contributed by atoms with Gasteiger partial charge in [-0.05, 0) is 25.1 Å². The Morgan fingerprint density at radius 3 is 2.72 bits per heavy atom. The molecule has 1 saturated heterocycles. The van der Waals surface area contributed by atoms with E-state index in [0.717, 1.165) is 39.3 Å². The van der Waals surface area contributed by atoms with Crippen molar-refractivity contribution >= 4 is 41.2 Å². The van der Waals surface area contributed by atoms with Crippen molar-refractivity contribution in [2.75, 3.05) is 39.4 Å². The summed E-state index contributed by atoms with van der Waals surface area (Å²) in [6.07, 6.45) is 2.12. The summed E-state index contributed by atoms with van der Waals surface area (Å²) < 4.78 is 5.27. The molecule has 1 aromatic rings. The molecule has 0 unspecified atom stereocenters. The van der Waals surface area contributed by atoms with Crippen LogP contribution < -0.4 is 10.7 Å². The summed E-state index contributed by atoms with van der Waals surface area (Å²) in [6.45, 7) is 4.57. The Labute approximate surface area is 156 Å². The standard InChI is InChI=1S/C16H20Cl2N4O3/c17-13-3-2-12(14(18)10-13)11-20-21-16(24)15(23)19-4-1-5-22-6-8-25-9-7-22/h2-3,10-11H,1,4-9H2,(H,19,23)(H,21,24)/b20-11+. The average Bonchev–Trinajstić information content (AvgIpc) is 2.61. The zero-order valence-electron chi connectivity index (χ0n) is 13.6. The molecule has 25 heavy (non-hydrogen) atoms. The number of hydrazone groups is 1. The molecule has 9 heteroatoms. The first-order chi connectivity index (χ1) is 12.1. The molecule has 0 atom stereocenters. The van der Waals surface area contributed by atoms with Crippen molar-refractivity contribution in [2.45, 2.75) is 6.42 Å². The van der Waals surface area contributed by atoms with E-state index in [1.807, 2.05) is 0 Å². The normalized spacial score (nSPS) is 15.3. The maximum absolute atomic E-state index is 11.7. The van der Waals surface area contributed by atoms with Gasteiger partial charge in [0.2, 0.25) is 0 Å². The van der Waals surface area contributed by atoms with E-state index in [1.165, 1.54) is 6.21 Å². The number of ether oxygens (including phenoxy) is 1. The van der Waals surface area contributed by atoms with Crippen molar-refractivity contribution in [3.63, 3.8) is 0 Å². The van der Waals surface area contributed by atoms with Crippen LogP contribution in [0.3, 0.4) is 0 Å². The Hall–Kier alpha value is -1.67. The minimum Gasteiger partial charge on any atom is -0.379 e. The minimum atomic E-state index is -0.826. The van der Waals surface area contributed by atoms with Gasteiger partial charge in [0.1, 0.15) is 0 Å². The van der Waals surface area contributed by atoms with Crippen molar-refractivity contribution in [3.05, 3.63) is 33.8 Å². The van der Waals surface area contributed by atoms with Gasteiger partial charge in [0, 0.05) is 30.2 Å². The predicted octanol–water partition coefficient (Wildman–Crippen LogP) is 1.28. The van der Waals surface area contributed by atoms with Crippen molar-refractivity contribution in [1.29, 1.82) is 0 Å². The van der Waals surface area contributed by atoms with Crippen molar-refractivity contribution in [2.24, 2.45) is 5.10 Å². The summed E-state index contributed by atoms with van der Waals surface area (Å²) in [4.78, 5) is 25.6. The fourth-order valence-electron chi connectivity index (χ4n) is 2.23. The number of carbonyl (C=O) groups excluding carboxylic acids is 2. The summed E-state index contributed by atoms with van der Waals surface area (Å²) in [5.41, 5.74) is 2.74. The third-order valence-corrected chi connectivity index (χ3v) is 4.14. The van der Waals surface area contributed by atoms with Crippen LogP contribution in [0, 0.1) is 0 Å². The Morgan fingerprint density at radius 1 is 1.24 bits per heavy atom. The van der Waals surface area contributed by atoms with Crippen LogP contribution in [-0.2, 0) is 14.3 Å². The van der Waals surface area contributed by atoms with E-state index in [-0.39, 0.29) is 0 Å². The second-order valence-electron chi connectivity index (χ2n) is 5.43. The third kappa shape index (κ3) is 6.99. The highest BCUT2D eigenvalue weighted by Crippen LogP contribution is 2.19. The lowest BCUT2D eigenvalue weighted by Crippen LogP contribution is -2.40. The van der Waals surface area contributed by atoms with Crippen LogP contribution in [0.25, 0.3) is 0 Å². The van der Waals surface area contributed by atoms with Crippen LogP contribution >= 0.6 is 23.2 Å². The van der Waals surface area contributed by atoms with E-state index < -0.39 is 11.8 Å². The van der Waals surface area contributed by atoms with Crippen LogP contribution in [-0.4, -0.2) is 62.3 Å². The molecule has 0 spiro atoms. The second kappa shape index (κ2) is 10.4. The maximum Gasteiger partial charge on any atom is 0.329 e. The molecule has 1 fully saturated rings. The largest absolute Gasteiger partial charge is 0.379 e. The third-order valence-electron chi connectivity index (χ3n) is 3.58. The molecule has 2 N–H and O–H groups in total. The number of hydrogen-bond acceptors (Lipinski definition) is 5. The van der Waals surface area contributed by atoms with Crippen LogP contribution in [0.1, 0.15) is 12.0 Å². The molecule has 2 amide bonds. The van der Waals surface area contributed by atoms with Gasteiger partial charge in [-0.25, -0.2) is 5.43 Å². The lowest BCUT2D eigenvalue weighted by molar-refractivity contribution is -0.139. The second-order valence-corrected chi connectivity index (χ2v) is 6.27. The van der Waals surface area contributed by atoms with Gasteiger partial charge in [-0.1, -0.05) is 29.3 Å². The zero-order valence-corrected chi connectivity index (χ0v) is 15.1. The fraction of sp³-hybridized carbons (Fsp3) is 0.438. The first-order valence-electron chi connectivity index (χ1n) is 7.92. The van der Waals surface area contributed by atoms with E-state index in [0.29, 0.717) is 22.2 Å². The smallest absolute Gasteiger partial charge is 0.329 e. The zero-order chi connectivity index (χ0) is 18.1. The summed E-state index contributed by atoms with van der Waals surface area (Å²) in [7, 11) is 0. The number of rotatable bonds is 6. The van der Waals surface area contributed by atoms with E-state index >= 15 is 0 Å². The van der Waals surface area contributed by atoms with Gasteiger partial charge < -0.3 is 10.1 Å². The first kappa shape index (κ1) is 19.7. The Kier molecular flexibility index (Phi) is 8.14. The van der Waals surface area contributed by atoms with Gasteiger partial charge in [0.05, 0.1) is 24.5 Å². The molecule has 0 aliphatic carbocycles. The molecule has 0 bridgehead atoms. The highest BCUT2D eigenvalue weighted by atomic mass is 35.5. The van der Waals surface area contributed by atoms with E-state index in [9.17, 15) is 9.59 Å². The Morgan fingerprint density at radius 2 is 2.00 bits per heavy atom. The highest BCUT2D eigenvalue weighted by Gasteiger charge is 2.13. The molecule has 1 aliphatic rings. The lowest BCUT2D eigenvalue weighted by atomic mass is 10.2. The molecular weight excluding hydrogens is 367 g/mol. The topological polar surface area (TPSA) is 83.0 Å². The minimum absolute atomic E-state index is 0.401. The molecule has 0 aromatic heterocycles. The Bertz CT molecular complexity index is 634. The quantitative estimate of drug-likeness (QED) is 0.334. The first-order valence-corrected chi connectivity index (χ1v) is 8.68. The highest BCUT2D eigenvalue weighted by molar-refractivity contribution is 6.36. The lowest BCUT2D eigenvalue weighted by Gasteiger charge is -2.26. The number of carbonyl (C=O) groups is 2. The van der Waals surface area contributed by atoms with Gasteiger partial charge in [-0.15, -0.1) is 0 Å². The SMILES string of the molecule is O=C(NCCCN1CCOCC1)C(=O)N/N=C/c1ccc(Cl)cc1Cl. The number of nitrogens with zero attached hydrogens (tertiary/aromatic N) is 2. The molecule has 0 radical (unpaired) electrons. The van der Waals surface area contributed by atoms with Gasteiger partial charge in [-0.2, -0.15) is 5.10 Å². The number of morpholine rings is 1. The summed E-state index contributed by atoms with van der Waals surface area (Å²) in [5.74, 6) is -1.55. The van der Waals surface area contributed by atoms with Gasteiger partial charge in [0.25, 0.3) is 0 Å².